The van der Waals surface area contributed by atoms with Crippen molar-refractivity contribution in [3.8, 4) is 11.4 Å². The summed E-state index contributed by atoms with van der Waals surface area (Å²) in [6.45, 7) is 6.10. The Morgan fingerprint density at radius 1 is 1.05 bits per heavy atom. The Balaban J connectivity index is 2.24. The van der Waals surface area contributed by atoms with Gasteiger partial charge in [-0.05, 0) is 56.2 Å². The summed E-state index contributed by atoms with van der Waals surface area (Å²) in [5.74, 6) is 0.820. The second-order valence-corrected chi connectivity index (χ2v) is 4.92. The maximum atomic E-state index is 5.93. The third-order valence-corrected chi connectivity index (χ3v) is 3.43. The number of benzene rings is 1. The van der Waals surface area contributed by atoms with E-state index in [0.29, 0.717) is 0 Å². The third kappa shape index (κ3) is 1.95. The Morgan fingerprint density at radius 3 is 2.63 bits per heavy atom. The van der Waals surface area contributed by atoms with E-state index in [-0.39, 0.29) is 0 Å². The first kappa shape index (κ1) is 11.7. The molecule has 0 aliphatic heterocycles. The minimum absolute atomic E-state index is 0.745. The summed E-state index contributed by atoms with van der Waals surface area (Å²) in [6.07, 6.45) is 0. The fourth-order valence-corrected chi connectivity index (χ4v) is 2.25. The third-order valence-electron chi connectivity index (χ3n) is 3.43. The van der Waals surface area contributed by atoms with Crippen LogP contribution < -0.4 is 5.73 Å². The number of rotatable bonds is 1. The van der Waals surface area contributed by atoms with E-state index in [4.69, 9.17) is 5.73 Å². The van der Waals surface area contributed by atoms with Gasteiger partial charge in [-0.25, -0.2) is 9.97 Å². The highest BCUT2D eigenvalue weighted by molar-refractivity contribution is 5.78. The number of aromatic nitrogens is 3. The zero-order valence-electron chi connectivity index (χ0n) is 11.3. The van der Waals surface area contributed by atoms with Gasteiger partial charge >= 0.3 is 0 Å². The van der Waals surface area contributed by atoms with Gasteiger partial charge in [-0.2, -0.15) is 0 Å². The van der Waals surface area contributed by atoms with Crippen LogP contribution in [0.1, 0.15) is 16.8 Å². The summed E-state index contributed by atoms with van der Waals surface area (Å²) in [7, 11) is 0. The molecule has 2 heterocycles. The van der Waals surface area contributed by atoms with Crippen LogP contribution >= 0.6 is 0 Å². The lowest BCUT2D eigenvalue weighted by Gasteiger charge is -2.07. The molecule has 2 aromatic heterocycles. The van der Waals surface area contributed by atoms with Crippen molar-refractivity contribution in [2.75, 3.05) is 5.73 Å². The molecule has 4 heteroatoms. The molecule has 4 nitrogen and oxygen atoms in total. The lowest BCUT2D eigenvalue weighted by molar-refractivity contribution is 1.22. The van der Waals surface area contributed by atoms with Crippen molar-refractivity contribution in [3.05, 3.63) is 41.1 Å². The molecule has 0 radical (unpaired) electrons. The number of anilines is 1. The molecule has 0 amide bonds. The standard InChI is InChI=1S/C15H16N4/c1-8-6-11(16)7-12(10(8)3)14-18-13-5-4-9(2)17-15(13)19-14/h4-7H,16H2,1-3H3,(H,17,18,19). The Bertz CT molecular complexity index is 771. The van der Waals surface area contributed by atoms with E-state index in [9.17, 15) is 0 Å². The Morgan fingerprint density at radius 2 is 1.84 bits per heavy atom. The van der Waals surface area contributed by atoms with Gasteiger partial charge in [-0.3, -0.25) is 0 Å². The Kier molecular flexibility index (Phi) is 2.52. The van der Waals surface area contributed by atoms with Crippen LogP contribution in [0.25, 0.3) is 22.6 Å². The maximum Gasteiger partial charge on any atom is 0.178 e. The molecule has 0 saturated carbocycles. The number of pyridine rings is 1. The fraction of sp³-hybridized carbons (Fsp3) is 0.200. The number of nitrogens with one attached hydrogen (secondary N) is 1. The van der Waals surface area contributed by atoms with E-state index in [2.05, 4.69) is 28.8 Å². The van der Waals surface area contributed by atoms with Gasteiger partial charge in [0.15, 0.2) is 5.65 Å². The molecule has 0 aliphatic carbocycles. The van der Waals surface area contributed by atoms with Gasteiger partial charge in [0.1, 0.15) is 5.82 Å². The SMILES string of the molecule is Cc1ccc2[nH]c(-c3cc(N)cc(C)c3C)nc2n1. The first-order valence-corrected chi connectivity index (χ1v) is 6.25. The van der Waals surface area contributed by atoms with Crippen molar-refractivity contribution in [2.24, 2.45) is 0 Å². The van der Waals surface area contributed by atoms with Crippen LogP contribution in [-0.4, -0.2) is 15.0 Å². The molecule has 3 rings (SSSR count). The quantitative estimate of drug-likeness (QED) is 0.654. The summed E-state index contributed by atoms with van der Waals surface area (Å²) in [6, 6.07) is 7.90. The lowest BCUT2D eigenvalue weighted by Crippen LogP contribution is -1.93. The van der Waals surface area contributed by atoms with Crippen molar-refractivity contribution >= 4 is 16.9 Å². The highest BCUT2D eigenvalue weighted by Gasteiger charge is 2.11. The fourth-order valence-electron chi connectivity index (χ4n) is 2.25. The smallest absolute Gasteiger partial charge is 0.178 e. The summed E-state index contributed by atoms with van der Waals surface area (Å²) in [5, 5.41) is 0. The highest BCUT2D eigenvalue weighted by Crippen LogP contribution is 2.27. The summed E-state index contributed by atoms with van der Waals surface area (Å²) < 4.78 is 0. The minimum Gasteiger partial charge on any atom is -0.399 e. The average molecular weight is 252 g/mol. The summed E-state index contributed by atoms with van der Waals surface area (Å²) >= 11 is 0. The van der Waals surface area contributed by atoms with Crippen LogP contribution in [-0.2, 0) is 0 Å². The monoisotopic (exact) mass is 252 g/mol. The number of fused-ring (bicyclic) bond motifs is 1. The van der Waals surface area contributed by atoms with Crippen molar-refractivity contribution in [2.45, 2.75) is 20.8 Å². The zero-order valence-corrected chi connectivity index (χ0v) is 11.3. The van der Waals surface area contributed by atoms with Gasteiger partial charge < -0.3 is 10.7 Å². The molecule has 0 unspecified atom stereocenters. The van der Waals surface area contributed by atoms with E-state index in [0.717, 1.165) is 33.9 Å². The van der Waals surface area contributed by atoms with Crippen molar-refractivity contribution in [3.63, 3.8) is 0 Å². The molecular weight excluding hydrogens is 236 g/mol. The van der Waals surface area contributed by atoms with Crippen molar-refractivity contribution < 1.29 is 0 Å². The van der Waals surface area contributed by atoms with E-state index >= 15 is 0 Å². The van der Waals surface area contributed by atoms with E-state index < -0.39 is 0 Å². The number of imidazole rings is 1. The summed E-state index contributed by atoms with van der Waals surface area (Å²) in [4.78, 5) is 12.3. The maximum absolute atomic E-state index is 5.93. The van der Waals surface area contributed by atoms with E-state index in [1.54, 1.807) is 0 Å². The molecule has 0 aliphatic rings. The van der Waals surface area contributed by atoms with Gasteiger partial charge in [-0.1, -0.05) is 0 Å². The molecule has 0 atom stereocenters. The normalized spacial score (nSPS) is 11.1. The van der Waals surface area contributed by atoms with Crippen LogP contribution in [0.5, 0.6) is 0 Å². The average Bonchev–Trinajstić information content (AvgIpc) is 2.76. The van der Waals surface area contributed by atoms with E-state index in [1.165, 1.54) is 11.1 Å². The number of aryl methyl sites for hydroxylation is 2. The molecule has 3 aromatic rings. The van der Waals surface area contributed by atoms with Crippen LogP contribution in [0.15, 0.2) is 24.3 Å². The molecule has 1 aromatic carbocycles. The molecule has 0 spiro atoms. The van der Waals surface area contributed by atoms with Gasteiger partial charge in [-0.15, -0.1) is 0 Å². The highest BCUT2D eigenvalue weighted by atomic mass is 15.0. The second-order valence-electron chi connectivity index (χ2n) is 4.92. The van der Waals surface area contributed by atoms with Gasteiger partial charge in [0.2, 0.25) is 0 Å². The number of aromatic amines is 1. The number of H-pyrrole nitrogens is 1. The predicted octanol–water partition coefficient (Wildman–Crippen LogP) is 3.13. The molecule has 96 valence electrons. The number of nitrogens with two attached hydrogens (primary N) is 1. The lowest BCUT2D eigenvalue weighted by atomic mass is 10.0. The molecule has 3 N–H and O–H groups in total. The zero-order chi connectivity index (χ0) is 13.6. The number of hydrogen-bond acceptors (Lipinski definition) is 3. The molecule has 19 heavy (non-hydrogen) atoms. The first-order valence-electron chi connectivity index (χ1n) is 6.25. The first-order chi connectivity index (χ1) is 9.04. The number of hydrogen-bond donors (Lipinski definition) is 2. The molecule has 0 saturated heterocycles. The number of nitrogens with zero attached hydrogens (tertiary/aromatic N) is 2. The van der Waals surface area contributed by atoms with Crippen LogP contribution in [0.2, 0.25) is 0 Å². The van der Waals surface area contributed by atoms with Gasteiger partial charge in [0, 0.05) is 16.9 Å². The Hall–Kier alpha value is -2.36. The van der Waals surface area contributed by atoms with Crippen molar-refractivity contribution in [1.29, 1.82) is 0 Å². The van der Waals surface area contributed by atoms with Crippen LogP contribution in [0, 0.1) is 20.8 Å². The van der Waals surface area contributed by atoms with Crippen LogP contribution in [0.4, 0.5) is 5.69 Å². The van der Waals surface area contributed by atoms with Gasteiger partial charge in [0.05, 0.1) is 5.52 Å². The number of nitrogen functional groups attached to an aromatic ring is 1. The second kappa shape index (κ2) is 4.09. The molecular formula is C15H16N4. The minimum atomic E-state index is 0.745. The van der Waals surface area contributed by atoms with Crippen LogP contribution in [0.3, 0.4) is 0 Å². The summed E-state index contributed by atoms with van der Waals surface area (Å²) in [5.41, 5.74) is 12.7. The van der Waals surface area contributed by atoms with E-state index in [1.807, 2.05) is 31.2 Å². The van der Waals surface area contributed by atoms with Gasteiger partial charge in [0.25, 0.3) is 0 Å². The van der Waals surface area contributed by atoms with Crippen molar-refractivity contribution in [1.82, 2.24) is 15.0 Å². The largest absolute Gasteiger partial charge is 0.399 e. The molecule has 0 fully saturated rings. The predicted molar refractivity (Wildman–Crippen MR) is 77.9 cm³/mol. The topological polar surface area (TPSA) is 67.6 Å². The Labute approximate surface area is 111 Å². The molecule has 0 bridgehead atoms.